The van der Waals surface area contributed by atoms with Crippen LogP contribution < -0.4 is 10.6 Å². The summed E-state index contributed by atoms with van der Waals surface area (Å²) in [5.41, 5.74) is -0.225. The number of ketones is 1. The van der Waals surface area contributed by atoms with Crippen LogP contribution in [0.25, 0.3) is 0 Å². The standard InChI is InChI=1S/C27H37N3O4/c1-20(32)25-14-9-15-30(25)26(34)24(16-22-10-5-3-6-11-22)28-18-27(19-31,29-21(2)33)17-23-12-7-4-8-13-23/h3-8,10,12-13,19,22,24-26,28,34H,9,11,14-18H2,1-2H3,(H,29,33)/t22?,24-,25-,26?,27?/m0/s1. The zero-order chi connectivity index (χ0) is 24.6. The molecule has 0 radical (unpaired) electrons. The lowest BCUT2D eigenvalue weighted by Crippen LogP contribution is -2.61. The maximum atomic E-state index is 12.3. The first kappa shape index (κ1) is 26.0. The first-order valence-electron chi connectivity index (χ1n) is 12.1. The minimum absolute atomic E-state index is 0.0559. The highest BCUT2D eigenvalue weighted by Gasteiger charge is 2.39. The van der Waals surface area contributed by atoms with Gasteiger partial charge in [0.15, 0.2) is 0 Å². The van der Waals surface area contributed by atoms with Crippen LogP contribution in [0.5, 0.6) is 0 Å². The normalized spacial score (nSPS) is 23.7. The molecule has 1 aromatic carbocycles. The van der Waals surface area contributed by atoms with E-state index in [9.17, 15) is 19.5 Å². The number of rotatable bonds is 12. The van der Waals surface area contributed by atoms with Crippen molar-refractivity contribution >= 4 is 18.0 Å². The van der Waals surface area contributed by atoms with E-state index >= 15 is 0 Å². The van der Waals surface area contributed by atoms with Gasteiger partial charge in [-0.3, -0.25) is 14.5 Å². The Balaban J connectivity index is 1.81. The molecule has 34 heavy (non-hydrogen) atoms. The van der Waals surface area contributed by atoms with Gasteiger partial charge in [0, 0.05) is 32.5 Å². The summed E-state index contributed by atoms with van der Waals surface area (Å²) in [7, 11) is 0. The van der Waals surface area contributed by atoms with Crippen molar-refractivity contribution in [3.8, 4) is 0 Å². The van der Waals surface area contributed by atoms with Gasteiger partial charge in [-0.2, -0.15) is 0 Å². The maximum Gasteiger partial charge on any atom is 0.217 e. The number of benzene rings is 1. The lowest BCUT2D eigenvalue weighted by Gasteiger charge is -2.38. The highest BCUT2D eigenvalue weighted by atomic mass is 16.3. The number of aliphatic hydroxyl groups is 1. The Kier molecular flexibility index (Phi) is 9.33. The van der Waals surface area contributed by atoms with E-state index in [4.69, 9.17) is 0 Å². The van der Waals surface area contributed by atoms with E-state index in [1.165, 1.54) is 6.92 Å². The number of hydrogen-bond donors (Lipinski definition) is 3. The van der Waals surface area contributed by atoms with Crippen LogP contribution in [-0.2, 0) is 20.8 Å². The van der Waals surface area contributed by atoms with Crippen molar-refractivity contribution in [2.24, 2.45) is 5.92 Å². The molecule has 3 N–H and O–H groups in total. The Morgan fingerprint density at radius 2 is 2.00 bits per heavy atom. The Hall–Kier alpha value is -2.61. The van der Waals surface area contributed by atoms with Crippen LogP contribution in [0.15, 0.2) is 54.6 Å². The average molecular weight is 468 g/mol. The number of allylic oxidation sites excluding steroid dienone is 4. The lowest BCUT2D eigenvalue weighted by atomic mass is 9.89. The summed E-state index contributed by atoms with van der Waals surface area (Å²) in [6, 6.07) is 8.87. The molecule has 5 atom stereocenters. The summed E-state index contributed by atoms with van der Waals surface area (Å²) >= 11 is 0. The fraction of sp³-hybridized carbons (Fsp3) is 0.519. The Morgan fingerprint density at radius 1 is 1.24 bits per heavy atom. The number of amides is 1. The smallest absolute Gasteiger partial charge is 0.217 e. The molecule has 7 heteroatoms. The van der Waals surface area contributed by atoms with E-state index in [1.807, 2.05) is 47.4 Å². The molecule has 1 saturated heterocycles. The zero-order valence-electron chi connectivity index (χ0n) is 20.2. The van der Waals surface area contributed by atoms with Gasteiger partial charge in [-0.15, -0.1) is 0 Å². The predicted octanol–water partition coefficient (Wildman–Crippen LogP) is 2.16. The first-order valence-corrected chi connectivity index (χ1v) is 12.1. The Morgan fingerprint density at radius 3 is 2.62 bits per heavy atom. The highest BCUT2D eigenvalue weighted by Crippen LogP contribution is 2.26. The van der Waals surface area contributed by atoms with Crippen molar-refractivity contribution in [1.82, 2.24) is 15.5 Å². The molecule has 0 saturated carbocycles. The van der Waals surface area contributed by atoms with Crippen LogP contribution >= 0.6 is 0 Å². The van der Waals surface area contributed by atoms with Gasteiger partial charge in [-0.1, -0.05) is 54.6 Å². The number of nitrogens with zero attached hydrogens (tertiary/aromatic N) is 1. The molecule has 184 valence electrons. The largest absolute Gasteiger partial charge is 0.377 e. The molecule has 1 heterocycles. The van der Waals surface area contributed by atoms with Gasteiger partial charge in [-0.05, 0) is 44.1 Å². The van der Waals surface area contributed by atoms with Gasteiger partial charge in [0.05, 0.1) is 6.04 Å². The van der Waals surface area contributed by atoms with Gasteiger partial charge in [0.1, 0.15) is 23.8 Å². The van der Waals surface area contributed by atoms with Crippen LogP contribution in [-0.4, -0.2) is 64.9 Å². The summed E-state index contributed by atoms with van der Waals surface area (Å²) < 4.78 is 0. The second kappa shape index (κ2) is 12.2. The molecular weight excluding hydrogens is 430 g/mol. The number of Topliss-reactive ketones (excluding diaryl/α,β-unsaturated/α-hetero) is 1. The van der Waals surface area contributed by atoms with E-state index in [0.717, 1.165) is 31.1 Å². The summed E-state index contributed by atoms with van der Waals surface area (Å²) in [5, 5.41) is 17.6. The molecule has 0 aromatic heterocycles. The number of carbonyl (C=O) groups excluding carboxylic acids is 3. The quantitative estimate of drug-likeness (QED) is 0.408. The Labute approximate surface area is 202 Å². The van der Waals surface area contributed by atoms with Gasteiger partial charge >= 0.3 is 0 Å². The number of nitrogens with one attached hydrogen (secondary N) is 2. The molecule has 1 fully saturated rings. The van der Waals surface area contributed by atoms with Crippen LogP contribution in [0.3, 0.4) is 0 Å². The minimum Gasteiger partial charge on any atom is -0.377 e. The van der Waals surface area contributed by atoms with Crippen LogP contribution in [0.1, 0.15) is 45.1 Å². The second-order valence-corrected chi connectivity index (χ2v) is 9.57. The van der Waals surface area contributed by atoms with Crippen molar-refractivity contribution < 1.29 is 19.5 Å². The molecule has 1 amide bonds. The van der Waals surface area contributed by atoms with E-state index in [0.29, 0.717) is 19.4 Å². The SMILES string of the molecule is CC(=O)NC(C=O)(CN[C@@H](CC1C=CC=CC1)C(O)N1CCC[C@H]1C(C)=O)Cc1ccccc1. The van der Waals surface area contributed by atoms with E-state index < -0.39 is 11.8 Å². The summed E-state index contributed by atoms with van der Waals surface area (Å²) in [4.78, 5) is 38.4. The van der Waals surface area contributed by atoms with Crippen molar-refractivity contribution in [3.05, 3.63) is 60.2 Å². The summed E-state index contributed by atoms with van der Waals surface area (Å²) in [5.74, 6) is -0.00474. The van der Waals surface area contributed by atoms with Gasteiger partial charge in [-0.25, -0.2) is 0 Å². The molecule has 0 spiro atoms. The number of carbonyl (C=O) groups is 3. The molecule has 3 unspecified atom stereocenters. The molecule has 2 aliphatic rings. The first-order chi connectivity index (χ1) is 16.3. The van der Waals surface area contributed by atoms with Crippen LogP contribution in [0.2, 0.25) is 0 Å². The summed E-state index contributed by atoms with van der Waals surface area (Å²) in [6.07, 6.45) is 11.6. The van der Waals surface area contributed by atoms with Crippen LogP contribution in [0, 0.1) is 5.92 Å². The van der Waals surface area contributed by atoms with Crippen molar-refractivity contribution in [2.45, 2.75) is 69.8 Å². The van der Waals surface area contributed by atoms with Crippen LogP contribution in [0.4, 0.5) is 0 Å². The molecule has 7 nitrogen and oxygen atoms in total. The third-order valence-corrected chi connectivity index (χ3v) is 6.78. The highest BCUT2D eigenvalue weighted by molar-refractivity contribution is 5.81. The fourth-order valence-electron chi connectivity index (χ4n) is 5.10. The molecule has 1 aromatic rings. The van der Waals surface area contributed by atoms with Crippen molar-refractivity contribution in [3.63, 3.8) is 0 Å². The number of likely N-dealkylation sites (tertiary alicyclic amines) is 1. The molecular formula is C27H37N3O4. The molecule has 3 rings (SSSR count). The molecule has 0 bridgehead atoms. The van der Waals surface area contributed by atoms with E-state index in [1.54, 1.807) is 6.92 Å². The third-order valence-electron chi connectivity index (χ3n) is 6.78. The van der Waals surface area contributed by atoms with Gasteiger partial charge in [0.2, 0.25) is 5.91 Å². The number of hydrogen-bond acceptors (Lipinski definition) is 6. The van der Waals surface area contributed by atoms with E-state index in [-0.39, 0.29) is 36.2 Å². The van der Waals surface area contributed by atoms with Gasteiger partial charge < -0.3 is 20.5 Å². The maximum absolute atomic E-state index is 12.3. The minimum atomic E-state index is -1.15. The fourth-order valence-corrected chi connectivity index (χ4v) is 5.10. The molecule has 1 aliphatic heterocycles. The van der Waals surface area contributed by atoms with Gasteiger partial charge in [0.25, 0.3) is 0 Å². The molecule has 1 aliphatic carbocycles. The topological polar surface area (TPSA) is 98.7 Å². The number of aliphatic hydroxyl groups excluding tert-OH is 1. The van der Waals surface area contributed by atoms with E-state index in [2.05, 4.69) is 22.8 Å². The predicted molar refractivity (Wildman–Crippen MR) is 132 cm³/mol. The third kappa shape index (κ3) is 6.95. The zero-order valence-corrected chi connectivity index (χ0v) is 20.2. The monoisotopic (exact) mass is 467 g/mol. The Bertz CT molecular complexity index is 900. The number of aldehydes is 1. The second-order valence-electron chi connectivity index (χ2n) is 9.57. The summed E-state index contributed by atoms with van der Waals surface area (Å²) in [6.45, 7) is 3.79. The average Bonchev–Trinajstić information content (AvgIpc) is 3.32. The van der Waals surface area contributed by atoms with Crippen molar-refractivity contribution in [2.75, 3.05) is 13.1 Å². The lowest BCUT2D eigenvalue weighted by molar-refractivity contribution is -0.127. The van der Waals surface area contributed by atoms with Crippen molar-refractivity contribution in [1.29, 1.82) is 0 Å².